The van der Waals surface area contributed by atoms with Crippen molar-refractivity contribution in [1.82, 2.24) is 14.8 Å². The molecule has 0 saturated heterocycles. The van der Waals surface area contributed by atoms with Crippen molar-refractivity contribution in [3.63, 3.8) is 0 Å². The Morgan fingerprint density at radius 3 is 2.52 bits per heavy atom. The summed E-state index contributed by atoms with van der Waals surface area (Å²) in [6, 6.07) is 10.8. The lowest BCUT2D eigenvalue weighted by Crippen LogP contribution is -2.33. The summed E-state index contributed by atoms with van der Waals surface area (Å²) in [6.45, 7) is 5.34. The zero-order valence-electron chi connectivity index (χ0n) is 17.6. The number of fused-ring (bicyclic) bond motifs is 1. The van der Waals surface area contributed by atoms with E-state index in [0.29, 0.717) is 16.6 Å². The quantitative estimate of drug-likeness (QED) is 0.601. The fourth-order valence-electron chi connectivity index (χ4n) is 3.73. The van der Waals surface area contributed by atoms with Gasteiger partial charge in [0.05, 0.1) is 23.0 Å². The molecule has 1 aliphatic rings. The Balaban J connectivity index is 1.68. The van der Waals surface area contributed by atoms with Crippen LogP contribution in [0.2, 0.25) is 0 Å². The number of ether oxygens (including phenoxy) is 1. The lowest BCUT2D eigenvalue weighted by atomic mass is 9.78. The number of rotatable bonds is 3. The van der Waals surface area contributed by atoms with E-state index >= 15 is 0 Å². The van der Waals surface area contributed by atoms with Gasteiger partial charge in [0.2, 0.25) is 0 Å². The van der Waals surface area contributed by atoms with Crippen LogP contribution in [0.1, 0.15) is 37.9 Å². The fraction of sp³-hybridized carbons (Fsp3) is 0.292. The van der Waals surface area contributed by atoms with Gasteiger partial charge in [0.25, 0.3) is 0 Å². The molecular formula is C24H23N3O4. The number of Topliss-reactive ketones (excluding diaryl/α,β-unsaturated/α-hetero) is 1. The molecule has 0 radical (unpaired) electrons. The molecule has 2 aromatic heterocycles. The number of aromatic nitrogens is 3. The third-order valence-corrected chi connectivity index (χ3v) is 5.14. The molecule has 0 fully saturated rings. The van der Waals surface area contributed by atoms with Crippen LogP contribution in [0.3, 0.4) is 0 Å². The molecule has 31 heavy (non-hydrogen) atoms. The average Bonchev–Trinajstić information content (AvgIpc) is 3.09. The molecule has 0 spiro atoms. The van der Waals surface area contributed by atoms with E-state index in [1.54, 1.807) is 63.5 Å². The van der Waals surface area contributed by atoms with Crippen molar-refractivity contribution in [3.05, 3.63) is 72.2 Å². The monoisotopic (exact) mass is 417 g/mol. The molecule has 0 N–H and O–H groups in total. The zero-order valence-corrected chi connectivity index (χ0v) is 17.6. The lowest BCUT2D eigenvalue weighted by molar-refractivity contribution is -0.131. The smallest absolute Gasteiger partial charge is 0.435 e. The minimum Gasteiger partial charge on any atom is -0.442 e. The first kappa shape index (κ1) is 20.7. The summed E-state index contributed by atoms with van der Waals surface area (Å²) < 4.78 is 6.66. The molecule has 2 atom stereocenters. The number of pyridine rings is 1. The predicted octanol–water partition coefficient (Wildman–Crippen LogP) is 3.87. The van der Waals surface area contributed by atoms with Crippen molar-refractivity contribution in [2.45, 2.75) is 38.7 Å². The van der Waals surface area contributed by atoms with E-state index < -0.39 is 23.5 Å². The van der Waals surface area contributed by atoms with Crippen LogP contribution in [-0.2, 0) is 20.7 Å². The molecule has 1 aliphatic carbocycles. The molecule has 2 unspecified atom stereocenters. The number of allylic oxidation sites excluding steroid dienone is 2. The Morgan fingerprint density at radius 1 is 1.10 bits per heavy atom. The van der Waals surface area contributed by atoms with Gasteiger partial charge >= 0.3 is 6.09 Å². The number of hydrogen-bond acceptors (Lipinski definition) is 6. The van der Waals surface area contributed by atoms with Gasteiger partial charge in [-0.2, -0.15) is 9.78 Å². The number of nitrogens with zero attached hydrogens (tertiary/aromatic N) is 3. The highest BCUT2D eigenvalue weighted by Crippen LogP contribution is 2.30. The molecule has 158 valence electrons. The minimum absolute atomic E-state index is 0.111. The first-order valence-electron chi connectivity index (χ1n) is 10.1. The maximum Gasteiger partial charge on any atom is 0.435 e. The highest BCUT2D eigenvalue weighted by molar-refractivity contribution is 6.13. The summed E-state index contributed by atoms with van der Waals surface area (Å²) in [6.07, 6.45) is 5.85. The van der Waals surface area contributed by atoms with Crippen LogP contribution in [0.15, 0.2) is 60.9 Å². The molecule has 2 heterocycles. The van der Waals surface area contributed by atoms with Crippen LogP contribution in [0.5, 0.6) is 0 Å². The summed E-state index contributed by atoms with van der Waals surface area (Å²) >= 11 is 0. The number of benzene rings is 1. The van der Waals surface area contributed by atoms with Gasteiger partial charge in [0.1, 0.15) is 5.60 Å². The summed E-state index contributed by atoms with van der Waals surface area (Å²) in [7, 11) is 0. The molecule has 0 amide bonds. The lowest BCUT2D eigenvalue weighted by Gasteiger charge is -2.22. The third-order valence-electron chi connectivity index (χ3n) is 5.14. The van der Waals surface area contributed by atoms with Gasteiger partial charge in [0.15, 0.2) is 11.6 Å². The summed E-state index contributed by atoms with van der Waals surface area (Å²) in [5.41, 5.74) is 1.20. The molecule has 7 nitrogen and oxygen atoms in total. The van der Waals surface area contributed by atoms with E-state index in [-0.39, 0.29) is 18.0 Å². The Morgan fingerprint density at radius 2 is 1.81 bits per heavy atom. The Bertz CT molecular complexity index is 1190. The van der Waals surface area contributed by atoms with E-state index in [2.05, 4.69) is 10.1 Å². The maximum atomic E-state index is 13.2. The molecule has 1 aromatic carbocycles. The molecular weight excluding hydrogens is 394 g/mol. The standard InChI is InChI=1S/C24H23N3O4/c1-24(2,3)31-23(30)27-20-7-5-4-6-17(20)19(26-27)14-18-21(28)9-8-16(22(18)29)15-10-12-25-13-11-15/h4-13,16,18H,14H2,1-3H3. The average molecular weight is 417 g/mol. The number of para-hydroxylation sites is 1. The van der Waals surface area contributed by atoms with Gasteiger partial charge in [-0.25, -0.2) is 4.79 Å². The van der Waals surface area contributed by atoms with Crippen molar-refractivity contribution in [1.29, 1.82) is 0 Å². The van der Waals surface area contributed by atoms with Gasteiger partial charge in [-0.1, -0.05) is 24.3 Å². The van der Waals surface area contributed by atoms with Gasteiger partial charge in [-0.3, -0.25) is 14.6 Å². The Kier molecular flexibility index (Phi) is 5.27. The Hall–Kier alpha value is -3.61. The maximum absolute atomic E-state index is 13.2. The van der Waals surface area contributed by atoms with Crippen molar-refractivity contribution >= 4 is 28.6 Å². The van der Waals surface area contributed by atoms with Gasteiger partial charge in [0, 0.05) is 24.2 Å². The van der Waals surface area contributed by atoms with E-state index in [4.69, 9.17) is 4.74 Å². The van der Waals surface area contributed by atoms with Crippen LogP contribution < -0.4 is 0 Å². The number of carbonyl (C=O) groups is 3. The summed E-state index contributed by atoms with van der Waals surface area (Å²) in [4.78, 5) is 42.5. The normalized spacial score (nSPS) is 19.1. The number of carbonyl (C=O) groups excluding carboxylic acids is 3. The predicted molar refractivity (Wildman–Crippen MR) is 115 cm³/mol. The van der Waals surface area contributed by atoms with Crippen molar-refractivity contribution in [2.24, 2.45) is 5.92 Å². The van der Waals surface area contributed by atoms with Crippen molar-refractivity contribution in [2.75, 3.05) is 0 Å². The zero-order chi connectivity index (χ0) is 22.2. The van der Waals surface area contributed by atoms with E-state index in [1.807, 2.05) is 12.1 Å². The molecule has 7 heteroatoms. The van der Waals surface area contributed by atoms with E-state index in [0.717, 1.165) is 5.56 Å². The molecule has 0 aliphatic heterocycles. The van der Waals surface area contributed by atoms with Gasteiger partial charge in [-0.05, 0) is 50.6 Å². The number of hydrogen-bond donors (Lipinski definition) is 0. The van der Waals surface area contributed by atoms with Crippen LogP contribution in [0.4, 0.5) is 4.79 Å². The largest absolute Gasteiger partial charge is 0.442 e. The van der Waals surface area contributed by atoms with Crippen molar-refractivity contribution < 1.29 is 19.1 Å². The fourth-order valence-corrected chi connectivity index (χ4v) is 3.73. The molecule has 4 rings (SSSR count). The summed E-state index contributed by atoms with van der Waals surface area (Å²) in [5.74, 6) is -1.82. The third kappa shape index (κ3) is 4.17. The second-order valence-corrected chi connectivity index (χ2v) is 8.53. The first-order valence-corrected chi connectivity index (χ1v) is 10.1. The minimum atomic E-state index is -0.867. The molecule has 3 aromatic rings. The van der Waals surface area contributed by atoms with Gasteiger partial charge in [-0.15, -0.1) is 0 Å². The van der Waals surface area contributed by atoms with Crippen LogP contribution in [0, 0.1) is 5.92 Å². The number of ketones is 2. The molecule has 0 bridgehead atoms. The summed E-state index contributed by atoms with van der Waals surface area (Å²) in [5, 5.41) is 5.15. The Labute approximate surface area is 179 Å². The first-order chi connectivity index (χ1) is 14.7. The second-order valence-electron chi connectivity index (χ2n) is 8.53. The van der Waals surface area contributed by atoms with E-state index in [9.17, 15) is 14.4 Å². The van der Waals surface area contributed by atoms with Crippen molar-refractivity contribution in [3.8, 4) is 0 Å². The topological polar surface area (TPSA) is 91.2 Å². The van der Waals surface area contributed by atoms with Crippen LogP contribution in [-0.4, -0.2) is 38.0 Å². The molecule has 0 saturated carbocycles. The highest BCUT2D eigenvalue weighted by Gasteiger charge is 2.36. The van der Waals surface area contributed by atoms with Crippen LogP contribution in [0.25, 0.3) is 10.9 Å². The SMILES string of the molecule is CC(C)(C)OC(=O)n1nc(CC2C(=O)C=CC(c3ccncc3)C2=O)c2ccccc21. The highest BCUT2D eigenvalue weighted by atomic mass is 16.6. The van der Waals surface area contributed by atoms with Crippen LogP contribution >= 0.6 is 0 Å². The van der Waals surface area contributed by atoms with Gasteiger partial charge < -0.3 is 4.74 Å². The second kappa shape index (κ2) is 7.91. The van der Waals surface area contributed by atoms with E-state index in [1.165, 1.54) is 10.8 Å².